The van der Waals surface area contributed by atoms with E-state index in [0.717, 1.165) is 11.3 Å². The van der Waals surface area contributed by atoms with Gasteiger partial charge < -0.3 is 25.4 Å². The molecule has 3 N–H and O–H groups in total. The van der Waals surface area contributed by atoms with Gasteiger partial charge in [0.05, 0.1) is 7.11 Å². The van der Waals surface area contributed by atoms with Crippen molar-refractivity contribution in [1.82, 2.24) is 15.5 Å². The predicted octanol–water partition coefficient (Wildman–Crippen LogP) is 1.62. The van der Waals surface area contributed by atoms with Crippen LogP contribution >= 0.6 is 12.2 Å². The zero-order valence-corrected chi connectivity index (χ0v) is 16.4. The van der Waals surface area contributed by atoms with E-state index in [1.165, 1.54) is 11.9 Å². The molecule has 8 heteroatoms. The number of carbonyl (C=O) groups excluding carboxylic acids is 1. The van der Waals surface area contributed by atoms with Crippen LogP contribution in [0.3, 0.4) is 0 Å². The molecule has 0 fully saturated rings. The van der Waals surface area contributed by atoms with Crippen LogP contribution in [0.4, 0.5) is 0 Å². The van der Waals surface area contributed by atoms with Crippen molar-refractivity contribution in [3.05, 3.63) is 29.8 Å². The fraction of sp³-hybridized carbons (Fsp3) is 0.500. The number of methoxy groups -OCH3 is 1. The van der Waals surface area contributed by atoms with Crippen LogP contribution in [0.2, 0.25) is 0 Å². The molecule has 1 aromatic rings. The largest absolute Gasteiger partial charge is 0.496 e. The van der Waals surface area contributed by atoms with E-state index >= 15 is 0 Å². The number of amides is 1. The van der Waals surface area contributed by atoms with Crippen molar-refractivity contribution in [3.63, 3.8) is 0 Å². The Labute approximate surface area is 159 Å². The first kappa shape index (κ1) is 21.7. The smallest absolute Gasteiger partial charge is 0.326 e. The molecule has 1 aromatic carbocycles. The number of para-hydroxylation sites is 1. The molecule has 144 valence electrons. The molecule has 7 nitrogen and oxygen atoms in total. The summed E-state index contributed by atoms with van der Waals surface area (Å²) >= 11 is 5.20. The Morgan fingerprint density at radius 3 is 2.50 bits per heavy atom. The lowest BCUT2D eigenvalue weighted by molar-refractivity contribution is -0.150. The lowest BCUT2D eigenvalue weighted by Crippen LogP contribution is -2.46. The summed E-state index contributed by atoms with van der Waals surface area (Å²) in [5.74, 6) is -0.644. The fourth-order valence-electron chi connectivity index (χ4n) is 2.60. The zero-order chi connectivity index (χ0) is 19.7. The highest BCUT2D eigenvalue weighted by Gasteiger charge is 2.28. The quantitative estimate of drug-likeness (QED) is 0.560. The molecule has 0 aliphatic rings. The molecule has 26 heavy (non-hydrogen) atoms. The maximum absolute atomic E-state index is 12.2. The fourth-order valence-corrected chi connectivity index (χ4v) is 2.77. The van der Waals surface area contributed by atoms with Gasteiger partial charge in [0.15, 0.2) is 5.11 Å². The van der Waals surface area contributed by atoms with Crippen LogP contribution in [0.1, 0.15) is 25.8 Å². The number of aliphatic carboxylic acids is 1. The number of hydrogen-bond acceptors (Lipinski definition) is 4. The second kappa shape index (κ2) is 10.6. The van der Waals surface area contributed by atoms with Crippen LogP contribution in [0.15, 0.2) is 24.3 Å². The van der Waals surface area contributed by atoms with E-state index in [2.05, 4.69) is 10.6 Å². The molecule has 1 unspecified atom stereocenters. The first-order valence-electron chi connectivity index (χ1n) is 8.40. The van der Waals surface area contributed by atoms with Gasteiger partial charge in [-0.3, -0.25) is 4.79 Å². The minimum Gasteiger partial charge on any atom is -0.496 e. The van der Waals surface area contributed by atoms with Crippen molar-refractivity contribution >= 4 is 29.2 Å². The van der Waals surface area contributed by atoms with Crippen LogP contribution in [0.5, 0.6) is 5.75 Å². The minimum atomic E-state index is -1.00. The highest BCUT2D eigenvalue weighted by atomic mass is 32.1. The van der Waals surface area contributed by atoms with Crippen molar-refractivity contribution in [3.8, 4) is 5.75 Å². The van der Waals surface area contributed by atoms with E-state index in [-0.39, 0.29) is 18.2 Å². The Bertz CT molecular complexity index is 637. The summed E-state index contributed by atoms with van der Waals surface area (Å²) in [5.41, 5.74) is 0.969. The highest BCUT2D eigenvalue weighted by molar-refractivity contribution is 7.80. The number of ether oxygens (including phenoxy) is 1. The summed E-state index contributed by atoms with van der Waals surface area (Å²) in [6.07, 6.45) is 0.156. The third-order valence-corrected chi connectivity index (χ3v) is 4.24. The predicted molar refractivity (Wildman–Crippen MR) is 104 cm³/mol. The number of hydrogen-bond donors (Lipinski definition) is 3. The molecule has 0 heterocycles. The van der Waals surface area contributed by atoms with E-state index in [9.17, 15) is 14.7 Å². The van der Waals surface area contributed by atoms with Crippen molar-refractivity contribution in [2.45, 2.75) is 32.9 Å². The summed E-state index contributed by atoms with van der Waals surface area (Å²) in [5, 5.41) is 15.7. The Morgan fingerprint density at radius 1 is 1.27 bits per heavy atom. The summed E-state index contributed by atoms with van der Waals surface area (Å²) in [6, 6.07) is 6.78. The molecule has 0 aromatic heterocycles. The summed E-state index contributed by atoms with van der Waals surface area (Å²) < 4.78 is 5.28. The highest BCUT2D eigenvalue weighted by Crippen LogP contribution is 2.16. The van der Waals surface area contributed by atoms with E-state index in [1.54, 1.807) is 21.0 Å². The number of benzene rings is 1. The van der Waals surface area contributed by atoms with E-state index < -0.39 is 12.0 Å². The topological polar surface area (TPSA) is 90.9 Å². The molecular formula is C18H27N3O4S. The van der Waals surface area contributed by atoms with Crippen LogP contribution < -0.4 is 15.4 Å². The van der Waals surface area contributed by atoms with Crippen molar-refractivity contribution in [1.29, 1.82) is 0 Å². The van der Waals surface area contributed by atoms with E-state index in [0.29, 0.717) is 18.2 Å². The first-order valence-corrected chi connectivity index (χ1v) is 8.80. The van der Waals surface area contributed by atoms with Gasteiger partial charge in [0.2, 0.25) is 5.91 Å². The summed E-state index contributed by atoms with van der Waals surface area (Å²) in [4.78, 5) is 24.7. The molecule has 0 radical (unpaired) electrons. The molecule has 1 amide bonds. The van der Waals surface area contributed by atoms with Gasteiger partial charge in [0.25, 0.3) is 0 Å². The van der Waals surface area contributed by atoms with E-state index in [1.807, 2.05) is 24.3 Å². The van der Waals surface area contributed by atoms with Gasteiger partial charge in [-0.15, -0.1) is 0 Å². The van der Waals surface area contributed by atoms with Crippen molar-refractivity contribution < 1.29 is 19.4 Å². The minimum absolute atomic E-state index is 0.156. The normalized spacial score (nSPS) is 11.6. The Hall–Kier alpha value is -2.35. The second-order valence-corrected chi connectivity index (χ2v) is 6.61. The molecule has 0 spiro atoms. The number of carbonyl (C=O) groups is 2. The van der Waals surface area contributed by atoms with Gasteiger partial charge in [-0.1, -0.05) is 32.0 Å². The van der Waals surface area contributed by atoms with Crippen molar-refractivity contribution in [2.75, 3.05) is 20.7 Å². The number of carboxylic acids is 1. The average molecular weight is 381 g/mol. The molecule has 0 saturated carbocycles. The van der Waals surface area contributed by atoms with Gasteiger partial charge in [-0.25, -0.2) is 4.79 Å². The zero-order valence-electron chi connectivity index (χ0n) is 15.6. The number of carboxylic acid groups (broad SMARTS) is 1. The van der Waals surface area contributed by atoms with Crippen LogP contribution in [-0.2, 0) is 16.1 Å². The number of nitrogens with zero attached hydrogens (tertiary/aromatic N) is 1. The second-order valence-electron chi connectivity index (χ2n) is 6.20. The van der Waals surface area contributed by atoms with Crippen LogP contribution in [-0.4, -0.2) is 53.7 Å². The molecule has 0 aliphatic carbocycles. The maximum atomic E-state index is 12.2. The average Bonchev–Trinajstić information content (AvgIpc) is 2.59. The monoisotopic (exact) mass is 381 g/mol. The number of rotatable bonds is 9. The number of thiocarbonyl (C=S) groups is 1. The van der Waals surface area contributed by atoms with Crippen LogP contribution in [0.25, 0.3) is 0 Å². The molecule has 1 rings (SSSR count). The van der Waals surface area contributed by atoms with Gasteiger partial charge in [0.1, 0.15) is 11.8 Å². The Balaban J connectivity index is 2.41. The number of nitrogens with one attached hydrogen (secondary N) is 2. The third-order valence-electron chi connectivity index (χ3n) is 3.95. The summed E-state index contributed by atoms with van der Waals surface area (Å²) in [7, 11) is 3.12. The molecular weight excluding hydrogens is 354 g/mol. The molecule has 1 atom stereocenters. The molecule has 0 saturated heterocycles. The van der Waals surface area contributed by atoms with Crippen LogP contribution in [0, 0.1) is 5.92 Å². The standard InChI is InChI=1S/C18H27N3O4S/c1-12(2)16(17(23)24)21(3)15(22)9-10-19-18(26)20-11-13-7-5-6-8-14(13)25-4/h5-8,12,16H,9-11H2,1-4H3,(H,23,24)(H2,19,20,26). The van der Waals surface area contributed by atoms with Gasteiger partial charge in [-0.2, -0.15) is 0 Å². The van der Waals surface area contributed by atoms with Gasteiger partial charge >= 0.3 is 5.97 Å². The maximum Gasteiger partial charge on any atom is 0.326 e. The Kier molecular flexibility index (Phi) is 8.84. The lowest BCUT2D eigenvalue weighted by Gasteiger charge is -2.27. The van der Waals surface area contributed by atoms with Crippen molar-refractivity contribution in [2.24, 2.45) is 5.92 Å². The first-order chi connectivity index (χ1) is 12.3. The number of likely N-dealkylation sites (N-methyl/N-ethyl adjacent to an activating group) is 1. The SMILES string of the molecule is COc1ccccc1CNC(=S)NCCC(=O)N(C)C(C(=O)O)C(C)C. The van der Waals surface area contributed by atoms with E-state index in [4.69, 9.17) is 17.0 Å². The molecule has 0 aliphatic heterocycles. The lowest BCUT2D eigenvalue weighted by atomic mass is 10.0. The van der Waals surface area contributed by atoms with Gasteiger partial charge in [-0.05, 0) is 24.2 Å². The Morgan fingerprint density at radius 2 is 1.92 bits per heavy atom. The van der Waals surface area contributed by atoms with Gasteiger partial charge in [0, 0.05) is 32.1 Å². The summed E-state index contributed by atoms with van der Waals surface area (Å²) in [6.45, 7) is 4.37. The molecule has 0 bridgehead atoms. The third kappa shape index (κ3) is 6.51.